The van der Waals surface area contributed by atoms with Crippen molar-refractivity contribution in [3.8, 4) is 0 Å². The Bertz CT molecular complexity index is 1740. The topological polar surface area (TPSA) is 86.8 Å². The lowest BCUT2D eigenvalue weighted by Crippen LogP contribution is -2.56. The number of nitrogens with one attached hydrogen (secondary N) is 1. The minimum Gasteiger partial charge on any atom is -0.350 e. The summed E-state index contributed by atoms with van der Waals surface area (Å²) in [6.07, 6.45) is 0.238. The van der Waals surface area contributed by atoms with Crippen LogP contribution in [-0.2, 0) is 32.6 Å². The first-order chi connectivity index (χ1) is 21.3. The fourth-order valence-corrected chi connectivity index (χ4v) is 6.74. The first-order valence-corrected chi connectivity index (χ1v) is 16.6. The van der Waals surface area contributed by atoms with Crippen LogP contribution in [0, 0.1) is 13.8 Å². The van der Waals surface area contributed by atoms with Crippen LogP contribution < -0.4 is 9.62 Å². The van der Waals surface area contributed by atoms with Gasteiger partial charge in [0.15, 0.2) is 0 Å². The summed E-state index contributed by atoms with van der Waals surface area (Å²) < 4.78 is 29.5. The second-order valence-corrected chi connectivity index (χ2v) is 14.4. The molecule has 0 spiro atoms. The molecule has 4 rings (SSSR count). The Balaban J connectivity index is 1.85. The first kappa shape index (κ1) is 33.7. The van der Waals surface area contributed by atoms with Crippen molar-refractivity contribution in [2.75, 3.05) is 10.8 Å². The summed E-state index contributed by atoms with van der Waals surface area (Å²) in [5.41, 5.74) is 2.91. The minimum atomic E-state index is -4.21. The van der Waals surface area contributed by atoms with E-state index in [1.807, 2.05) is 82.3 Å². The van der Waals surface area contributed by atoms with E-state index in [0.717, 1.165) is 21.0 Å². The molecule has 1 atom stereocenters. The van der Waals surface area contributed by atoms with E-state index in [1.54, 1.807) is 43.3 Å². The highest BCUT2D eigenvalue weighted by molar-refractivity contribution is 7.92. The highest BCUT2D eigenvalue weighted by Gasteiger charge is 2.36. The molecule has 1 N–H and O–H groups in total. The van der Waals surface area contributed by atoms with Gasteiger partial charge in [-0.1, -0.05) is 90.5 Å². The van der Waals surface area contributed by atoms with Crippen LogP contribution in [0.1, 0.15) is 43.0 Å². The number of aryl methyl sites for hydroxylation is 1. The lowest BCUT2D eigenvalue weighted by atomic mass is 10.00. The van der Waals surface area contributed by atoms with Gasteiger partial charge in [0.25, 0.3) is 10.0 Å². The van der Waals surface area contributed by atoms with Gasteiger partial charge >= 0.3 is 0 Å². The van der Waals surface area contributed by atoms with Gasteiger partial charge in [-0.25, -0.2) is 8.42 Å². The van der Waals surface area contributed by atoms with Crippen molar-refractivity contribution in [3.05, 3.63) is 130 Å². The maximum absolute atomic E-state index is 14.6. The van der Waals surface area contributed by atoms with Gasteiger partial charge in [0.05, 0.1) is 10.6 Å². The van der Waals surface area contributed by atoms with Crippen LogP contribution in [0.4, 0.5) is 5.69 Å². The Kier molecular flexibility index (Phi) is 10.7. The SMILES string of the molecule is Cc1ccccc1CN(C(=O)CN(c1cccc(Cl)c1C)S(=O)(=O)c1ccccc1)C(Cc1ccccc1)C(=O)NC(C)(C)C. The lowest BCUT2D eigenvalue weighted by Gasteiger charge is -2.36. The molecule has 45 heavy (non-hydrogen) atoms. The van der Waals surface area contributed by atoms with Crippen molar-refractivity contribution in [1.82, 2.24) is 10.2 Å². The summed E-state index contributed by atoms with van der Waals surface area (Å²) in [6, 6.07) is 29.2. The second-order valence-electron chi connectivity index (χ2n) is 12.1. The van der Waals surface area contributed by atoms with Crippen molar-refractivity contribution in [2.45, 2.75) is 64.1 Å². The third kappa shape index (κ3) is 8.53. The molecule has 0 aliphatic heterocycles. The predicted octanol–water partition coefficient (Wildman–Crippen LogP) is 6.71. The summed E-state index contributed by atoms with van der Waals surface area (Å²) >= 11 is 6.45. The summed E-state index contributed by atoms with van der Waals surface area (Å²) in [7, 11) is -4.21. The van der Waals surface area contributed by atoms with Crippen molar-refractivity contribution in [1.29, 1.82) is 0 Å². The average Bonchev–Trinajstić information content (AvgIpc) is 3.00. The first-order valence-electron chi connectivity index (χ1n) is 14.8. The minimum absolute atomic E-state index is 0.0361. The molecular weight excluding hydrogens is 606 g/mol. The number of nitrogens with zero attached hydrogens (tertiary/aromatic N) is 2. The number of carbonyl (C=O) groups is 2. The number of hydrogen-bond acceptors (Lipinski definition) is 4. The number of sulfonamides is 1. The summed E-state index contributed by atoms with van der Waals surface area (Å²) in [4.78, 5) is 30.2. The largest absolute Gasteiger partial charge is 0.350 e. The van der Waals surface area contributed by atoms with Crippen LogP contribution in [-0.4, -0.2) is 43.3 Å². The number of amides is 2. The smallest absolute Gasteiger partial charge is 0.264 e. The van der Waals surface area contributed by atoms with Crippen molar-refractivity contribution >= 4 is 39.1 Å². The van der Waals surface area contributed by atoms with Gasteiger partial charge in [0, 0.05) is 23.5 Å². The molecule has 0 saturated carbocycles. The molecule has 7 nitrogen and oxygen atoms in total. The molecular formula is C36H40ClN3O4S. The molecule has 0 heterocycles. The predicted molar refractivity (Wildman–Crippen MR) is 181 cm³/mol. The van der Waals surface area contributed by atoms with E-state index in [9.17, 15) is 18.0 Å². The van der Waals surface area contributed by atoms with E-state index in [1.165, 1.54) is 17.0 Å². The highest BCUT2D eigenvalue weighted by Crippen LogP contribution is 2.31. The molecule has 1 unspecified atom stereocenters. The van der Waals surface area contributed by atoms with E-state index < -0.39 is 34.1 Å². The summed E-state index contributed by atoms with van der Waals surface area (Å²) in [6.45, 7) is 8.87. The Morgan fingerprint density at radius 2 is 1.42 bits per heavy atom. The second kappa shape index (κ2) is 14.3. The molecule has 0 saturated heterocycles. The summed E-state index contributed by atoms with van der Waals surface area (Å²) in [5.74, 6) is -0.855. The maximum Gasteiger partial charge on any atom is 0.264 e. The van der Waals surface area contributed by atoms with Gasteiger partial charge in [-0.05, 0) is 81.1 Å². The molecule has 0 aromatic heterocycles. The fraction of sp³-hybridized carbons (Fsp3) is 0.278. The zero-order chi connectivity index (χ0) is 32.8. The maximum atomic E-state index is 14.6. The number of anilines is 1. The van der Waals surface area contributed by atoms with E-state index in [4.69, 9.17) is 11.6 Å². The van der Waals surface area contributed by atoms with Crippen LogP contribution in [0.5, 0.6) is 0 Å². The van der Waals surface area contributed by atoms with E-state index in [2.05, 4.69) is 5.32 Å². The van der Waals surface area contributed by atoms with Crippen LogP contribution in [0.25, 0.3) is 0 Å². The lowest BCUT2D eigenvalue weighted by molar-refractivity contribution is -0.140. The molecule has 4 aromatic rings. The number of halogens is 1. The zero-order valence-corrected chi connectivity index (χ0v) is 27.9. The number of hydrogen-bond donors (Lipinski definition) is 1. The number of carbonyl (C=O) groups excluding carboxylic acids is 2. The molecule has 236 valence electrons. The van der Waals surface area contributed by atoms with Gasteiger partial charge in [-0.3, -0.25) is 13.9 Å². The van der Waals surface area contributed by atoms with Gasteiger partial charge in [0.1, 0.15) is 12.6 Å². The Labute approximate surface area is 271 Å². The quantitative estimate of drug-likeness (QED) is 0.197. The van der Waals surface area contributed by atoms with Crippen LogP contribution in [0.3, 0.4) is 0 Å². The molecule has 0 radical (unpaired) electrons. The third-order valence-corrected chi connectivity index (χ3v) is 9.67. The normalized spacial score (nSPS) is 12.3. The Morgan fingerprint density at radius 1 is 0.822 bits per heavy atom. The molecule has 0 bridgehead atoms. The van der Waals surface area contributed by atoms with Crippen molar-refractivity contribution < 1.29 is 18.0 Å². The molecule has 0 fully saturated rings. The highest BCUT2D eigenvalue weighted by atomic mass is 35.5. The standard InChI is InChI=1S/C36H40ClN3O4S/c1-26-15-12-13-18-29(26)24-39(33(35(42)38-36(3,4)5)23-28-16-8-6-9-17-28)34(41)25-40(32-22-14-21-31(37)27(32)2)45(43,44)30-19-10-7-11-20-30/h6-22,33H,23-25H2,1-5H3,(H,38,42). The van der Waals surface area contributed by atoms with Gasteiger partial charge in [0.2, 0.25) is 11.8 Å². The van der Waals surface area contributed by atoms with E-state index in [0.29, 0.717) is 10.6 Å². The Hall–Kier alpha value is -4.14. The molecule has 4 aromatic carbocycles. The molecule has 0 aliphatic rings. The fourth-order valence-electron chi connectivity index (χ4n) is 5.08. The monoisotopic (exact) mass is 645 g/mol. The molecule has 9 heteroatoms. The van der Waals surface area contributed by atoms with Crippen LogP contribution in [0.2, 0.25) is 5.02 Å². The van der Waals surface area contributed by atoms with Gasteiger partial charge < -0.3 is 10.2 Å². The number of benzene rings is 4. The van der Waals surface area contributed by atoms with Gasteiger partial charge in [-0.2, -0.15) is 0 Å². The average molecular weight is 646 g/mol. The van der Waals surface area contributed by atoms with Gasteiger partial charge in [-0.15, -0.1) is 0 Å². The Morgan fingerprint density at radius 3 is 2.04 bits per heavy atom. The van der Waals surface area contributed by atoms with Crippen molar-refractivity contribution in [3.63, 3.8) is 0 Å². The third-order valence-electron chi connectivity index (χ3n) is 7.49. The number of rotatable bonds is 11. The molecule has 2 amide bonds. The van der Waals surface area contributed by atoms with Crippen LogP contribution in [0.15, 0.2) is 108 Å². The van der Waals surface area contributed by atoms with Crippen LogP contribution >= 0.6 is 11.6 Å². The van der Waals surface area contributed by atoms with E-state index in [-0.39, 0.29) is 29.5 Å². The van der Waals surface area contributed by atoms with E-state index >= 15 is 0 Å². The summed E-state index contributed by atoms with van der Waals surface area (Å²) in [5, 5.41) is 3.42. The van der Waals surface area contributed by atoms with Crippen molar-refractivity contribution in [2.24, 2.45) is 0 Å². The zero-order valence-electron chi connectivity index (χ0n) is 26.3. The molecule has 0 aliphatic carbocycles.